The monoisotopic (exact) mass is 509 g/mol. The molecule has 0 bridgehead atoms. The van der Waals surface area contributed by atoms with Gasteiger partial charge in [-0.3, -0.25) is 0 Å². The molecule has 35 heavy (non-hydrogen) atoms. The molecule has 2 aliphatic heterocycles. The lowest BCUT2D eigenvalue weighted by Gasteiger charge is -2.26. The number of halogens is 2. The molecular weight excluding hydrogens is 485 g/mol. The number of hydrogen-bond donors (Lipinski definition) is 2. The van der Waals surface area contributed by atoms with Crippen LogP contribution in [0.25, 0.3) is 5.76 Å². The molecule has 3 heterocycles. The van der Waals surface area contributed by atoms with Gasteiger partial charge in [-0.25, -0.2) is 5.43 Å². The van der Waals surface area contributed by atoms with Crippen molar-refractivity contribution in [3.8, 4) is 0 Å². The number of aromatic nitrogens is 3. The van der Waals surface area contributed by atoms with Gasteiger partial charge >= 0.3 is 0 Å². The minimum absolute atomic E-state index is 0.238. The van der Waals surface area contributed by atoms with Gasteiger partial charge in [-0.2, -0.15) is 20.1 Å². The number of rotatable bonds is 7. The van der Waals surface area contributed by atoms with Gasteiger partial charge in [0.15, 0.2) is 0 Å². The molecule has 2 aliphatic rings. The molecule has 0 aliphatic carbocycles. The van der Waals surface area contributed by atoms with Crippen molar-refractivity contribution in [1.82, 2.24) is 15.0 Å². The molecule has 8 nitrogen and oxygen atoms in total. The summed E-state index contributed by atoms with van der Waals surface area (Å²) in [5.74, 6) is 2.14. The molecule has 2 N–H and O–H groups in total. The van der Waals surface area contributed by atoms with Crippen LogP contribution in [0.15, 0.2) is 59.7 Å². The summed E-state index contributed by atoms with van der Waals surface area (Å²) < 4.78 is 6.00. The van der Waals surface area contributed by atoms with Crippen molar-refractivity contribution in [3.05, 3.63) is 70.2 Å². The maximum atomic E-state index is 6.33. The average Bonchev–Trinajstić information content (AvgIpc) is 3.35. The van der Waals surface area contributed by atoms with Crippen LogP contribution in [0.5, 0.6) is 0 Å². The largest absolute Gasteiger partial charge is 0.484 e. The van der Waals surface area contributed by atoms with Gasteiger partial charge < -0.3 is 15.0 Å². The third-order valence-electron chi connectivity index (χ3n) is 5.73. The summed E-state index contributed by atoms with van der Waals surface area (Å²) in [6.45, 7) is 1.85. The topological polar surface area (TPSA) is 87.6 Å². The fraction of sp³-hybridized carbons (Fsp3) is 0.280. The van der Waals surface area contributed by atoms with Gasteiger partial charge in [-0.05, 0) is 49.6 Å². The second kappa shape index (κ2) is 10.9. The molecule has 1 fully saturated rings. The van der Waals surface area contributed by atoms with Crippen LogP contribution in [0.4, 0.5) is 23.5 Å². The number of para-hydroxylation sites is 1. The minimum Gasteiger partial charge on any atom is -0.484 e. The summed E-state index contributed by atoms with van der Waals surface area (Å²) in [6, 6.07) is 15.3. The lowest BCUT2D eigenvalue weighted by Crippen LogP contribution is -2.31. The third kappa shape index (κ3) is 5.83. The van der Waals surface area contributed by atoms with E-state index in [2.05, 4.69) is 35.7 Å². The number of anilines is 4. The molecule has 0 amide bonds. The predicted octanol–water partition coefficient (Wildman–Crippen LogP) is 6.14. The van der Waals surface area contributed by atoms with Crippen LogP contribution >= 0.6 is 23.2 Å². The summed E-state index contributed by atoms with van der Waals surface area (Å²) in [5, 5.41) is 8.56. The van der Waals surface area contributed by atoms with Crippen LogP contribution in [-0.2, 0) is 4.74 Å². The first-order chi connectivity index (χ1) is 17.2. The number of hydrazone groups is 1. The van der Waals surface area contributed by atoms with Crippen molar-refractivity contribution in [2.75, 3.05) is 28.7 Å². The van der Waals surface area contributed by atoms with Gasteiger partial charge in [-0.15, -0.1) is 0 Å². The first-order valence-electron chi connectivity index (χ1n) is 11.6. The van der Waals surface area contributed by atoms with Crippen molar-refractivity contribution in [3.63, 3.8) is 0 Å². The lowest BCUT2D eigenvalue weighted by atomic mass is 10.1. The number of hydrogen-bond acceptors (Lipinski definition) is 8. The van der Waals surface area contributed by atoms with Gasteiger partial charge in [0, 0.05) is 30.8 Å². The van der Waals surface area contributed by atoms with Gasteiger partial charge in [0.05, 0.1) is 16.3 Å². The zero-order valence-corrected chi connectivity index (χ0v) is 20.5. The summed E-state index contributed by atoms with van der Waals surface area (Å²) in [7, 11) is 0. The molecule has 2 aromatic carbocycles. The molecule has 0 spiro atoms. The van der Waals surface area contributed by atoms with Crippen molar-refractivity contribution in [2.45, 2.75) is 31.8 Å². The second-order valence-corrected chi connectivity index (χ2v) is 9.06. The highest BCUT2D eigenvalue weighted by molar-refractivity contribution is 6.43. The van der Waals surface area contributed by atoms with Crippen LogP contribution < -0.4 is 15.6 Å². The van der Waals surface area contributed by atoms with Gasteiger partial charge in [0.25, 0.3) is 0 Å². The fourth-order valence-corrected chi connectivity index (χ4v) is 4.37. The Balaban J connectivity index is 1.28. The van der Waals surface area contributed by atoms with E-state index in [4.69, 9.17) is 27.9 Å². The number of benzene rings is 2. The Morgan fingerprint density at radius 1 is 0.943 bits per heavy atom. The van der Waals surface area contributed by atoms with Crippen molar-refractivity contribution < 1.29 is 4.74 Å². The Bertz CT molecular complexity index is 1230. The Kier molecular flexibility index (Phi) is 7.30. The molecule has 1 unspecified atom stereocenters. The summed E-state index contributed by atoms with van der Waals surface area (Å²) >= 11 is 12.5. The maximum Gasteiger partial charge on any atom is 0.250 e. The van der Waals surface area contributed by atoms with Crippen LogP contribution in [0, 0.1) is 0 Å². The van der Waals surface area contributed by atoms with Crippen LogP contribution in [0.1, 0.15) is 31.2 Å². The highest BCUT2D eigenvalue weighted by atomic mass is 35.5. The zero-order valence-electron chi connectivity index (χ0n) is 19.0. The smallest absolute Gasteiger partial charge is 0.250 e. The van der Waals surface area contributed by atoms with E-state index >= 15 is 0 Å². The molecule has 1 atom stereocenters. The van der Waals surface area contributed by atoms with Crippen molar-refractivity contribution in [1.29, 1.82) is 0 Å². The van der Waals surface area contributed by atoms with E-state index in [-0.39, 0.29) is 6.10 Å². The molecule has 3 aromatic rings. The van der Waals surface area contributed by atoms with E-state index in [9.17, 15) is 0 Å². The molecule has 180 valence electrons. The molecule has 10 heteroatoms. The van der Waals surface area contributed by atoms with Crippen LogP contribution in [-0.4, -0.2) is 40.4 Å². The van der Waals surface area contributed by atoms with Crippen molar-refractivity contribution >= 4 is 58.7 Å². The summed E-state index contributed by atoms with van der Waals surface area (Å²) in [6.07, 6.45) is 7.57. The minimum atomic E-state index is -0.238. The number of piperidine rings is 1. The Morgan fingerprint density at radius 3 is 2.57 bits per heavy atom. The standard InChI is InChI=1S/C25H25Cl2N7O/c26-20-11-7-10-19(22(20)27)21-13-12-18(35-21)16-28-33-24-30-23(29-17-8-3-1-4-9-17)31-25(32-24)34-14-5-2-6-15-34/h1,3-4,7-11,13,16,18H,2,5-6,12,14-15H2,(H2,29,30,31,32,33)/b28-16+. The first-order valence-corrected chi connectivity index (χ1v) is 12.3. The van der Waals surface area contributed by atoms with Gasteiger partial charge in [0.2, 0.25) is 17.8 Å². The molecule has 1 aromatic heterocycles. The van der Waals surface area contributed by atoms with E-state index in [1.165, 1.54) is 6.42 Å². The Labute approximate surface area is 214 Å². The lowest BCUT2D eigenvalue weighted by molar-refractivity contribution is 0.259. The van der Waals surface area contributed by atoms with E-state index in [0.29, 0.717) is 40.1 Å². The summed E-state index contributed by atoms with van der Waals surface area (Å²) in [4.78, 5) is 15.9. The fourth-order valence-electron chi connectivity index (χ4n) is 3.98. The Morgan fingerprint density at radius 2 is 1.74 bits per heavy atom. The van der Waals surface area contributed by atoms with Gasteiger partial charge in [-0.1, -0.05) is 47.5 Å². The molecule has 5 rings (SSSR count). The van der Waals surface area contributed by atoms with E-state index < -0.39 is 0 Å². The Hall–Kier alpha value is -3.36. The quantitative estimate of drug-likeness (QED) is 0.292. The third-order valence-corrected chi connectivity index (χ3v) is 6.55. The zero-order chi connectivity index (χ0) is 24.0. The first kappa shape index (κ1) is 23.4. The van der Waals surface area contributed by atoms with E-state index in [1.54, 1.807) is 12.3 Å². The average molecular weight is 510 g/mol. The second-order valence-electron chi connectivity index (χ2n) is 8.27. The van der Waals surface area contributed by atoms with E-state index in [1.807, 2.05) is 48.5 Å². The predicted molar refractivity (Wildman–Crippen MR) is 142 cm³/mol. The highest BCUT2D eigenvalue weighted by Crippen LogP contribution is 2.34. The van der Waals surface area contributed by atoms with Crippen molar-refractivity contribution in [2.24, 2.45) is 5.10 Å². The van der Waals surface area contributed by atoms with Gasteiger partial charge in [0.1, 0.15) is 11.9 Å². The summed E-state index contributed by atoms with van der Waals surface area (Å²) in [5.41, 5.74) is 4.61. The normalized spacial score (nSPS) is 17.8. The molecule has 1 saturated heterocycles. The van der Waals surface area contributed by atoms with Crippen LogP contribution in [0.2, 0.25) is 10.0 Å². The number of nitrogens with zero attached hydrogens (tertiary/aromatic N) is 5. The van der Waals surface area contributed by atoms with E-state index in [0.717, 1.165) is 37.2 Å². The SMILES string of the molecule is Clc1cccc(C2=CCC(/C=N/Nc3nc(Nc4ccccc4)nc(N4CCCCC4)n3)O2)c1Cl. The number of nitrogens with one attached hydrogen (secondary N) is 2. The maximum absolute atomic E-state index is 6.33. The number of ether oxygens (including phenoxy) is 1. The van der Waals surface area contributed by atoms with Crippen LogP contribution in [0.3, 0.4) is 0 Å². The molecule has 0 radical (unpaired) electrons. The molecule has 0 saturated carbocycles. The molecular formula is C25H25Cl2N7O. The highest BCUT2D eigenvalue weighted by Gasteiger charge is 2.21.